The Bertz CT molecular complexity index is 981. The van der Waals surface area contributed by atoms with E-state index in [1.165, 1.54) is 35.2 Å². The van der Waals surface area contributed by atoms with Crippen molar-refractivity contribution in [3.05, 3.63) is 45.8 Å². The number of thiophene rings is 1. The van der Waals surface area contributed by atoms with Crippen LogP contribution in [0.25, 0.3) is 21.3 Å². The zero-order valence-corrected chi connectivity index (χ0v) is 13.9. The molecule has 0 amide bonds. The highest BCUT2D eigenvalue weighted by Crippen LogP contribution is 2.33. The molecule has 1 fully saturated rings. The van der Waals surface area contributed by atoms with Gasteiger partial charge in [0.05, 0.1) is 12.0 Å². The number of fused-ring (bicyclic) bond motifs is 1. The molecule has 0 spiro atoms. The lowest BCUT2D eigenvalue weighted by atomic mass is 10.1. The Kier molecular flexibility index (Phi) is 3.85. The number of halogens is 1. The molecule has 0 radical (unpaired) electrons. The van der Waals surface area contributed by atoms with Crippen LogP contribution in [0.3, 0.4) is 0 Å². The van der Waals surface area contributed by atoms with Gasteiger partial charge in [-0.05, 0) is 17.7 Å². The fourth-order valence-electron chi connectivity index (χ4n) is 2.55. The van der Waals surface area contributed by atoms with Crippen LogP contribution in [-0.4, -0.2) is 27.8 Å². The molecule has 1 aliphatic rings. The molecular weight excluding hydrogens is 351 g/mol. The molecule has 0 unspecified atom stereocenters. The number of ether oxygens (including phenoxy) is 1. The number of hydrogen-bond acceptors (Lipinski definition) is 6. The number of nitrogens with zero attached hydrogens (tertiary/aromatic N) is 1. The SMILES string of the molecule is O=C1OCC[C@@H]1Sc1nc2scc(-c3ccc(F)cc3)c2c(=O)[nH]1. The zero-order valence-electron chi connectivity index (χ0n) is 12.2. The lowest BCUT2D eigenvalue weighted by Crippen LogP contribution is -2.13. The molecule has 122 valence electrons. The van der Waals surface area contributed by atoms with E-state index in [4.69, 9.17) is 4.74 Å². The van der Waals surface area contributed by atoms with Gasteiger partial charge in [0.2, 0.25) is 0 Å². The van der Waals surface area contributed by atoms with Crippen molar-refractivity contribution in [1.29, 1.82) is 0 Å². The number of carbonyl (C=O) groups excluding carboxylic acids is 1. The highest BCUT2D eigenvalue weighted by Gasteiger charge is 2.28. The van der Waals surface area contributed by atoms with Crippen molar-refractivity contribution in [1.82, 2.24) is 9.97 Å². The molecule has 0 aliphatic carbocycles. The van der Waals surface area contributed by atoms with Crippen LogP contribution in [0.1, 0.15) is 6.42 Å². The van der Waals surface area contributed by atoms with E-state index in [0.29, 0.717) is 28.4 Å². The molecule has 3 heterocycles. The lowest BCUT2D eigenvalue weighted by Gasteiger charge is -2.05. The number of thioether (sulfide) groups is 1. The topological polar surface area (TPSA) is 72.0 Å². The van der Waals surface area contributed by atoms with Gasteiger partial charge in [-0.2, -0.15) is 0 Å². The Morgan fingerprint density at radius 1 is 1.29 bits per heavy atom. The van der Waals surface area contributed by atoms with Crippen molar-refractivity contribution in [2.24, 2.45) is 0 Å². The third kappa shape index (κ3) is 2.71. The number of carbonyl (C=O) groups is 1. The Balaban J connectivity index is 1.74. The quantitative estimate of drug-likeness (QED) is 0.572. The Labute approximate surface area is 143 Å². The monoisotopic (exact) mass is 362 g/mol. The molecule has 3 aromatic rings. The van der Waals surface area contributed by atoms with E-state index in [1.54, 1.807) is 12.1 Å². The minimum absolute atomic E-state index is 0.269. The van der Waals surface area contributed by atoms with Crippen LogP contribution in [0.15, 0.2) is 39.6 Å². The maximum absolute atomic E-state index is 13.1. The summed E-state index contributed by atoms with van der Waals surface area (Å²) in [6.07, 6.45) is 0.608. The fourth-order valence-corrected chi connectivity index (χ4v) is 4.50. The van der Waals surface area contributed by atoms with Gasteiger partial charge in [0, 0.05) is 17.4 Å². The lowest BCUT2D eigenvalue weighted by molar-refractivity contribution is -0.137. The average molecular weight is 362 g/mol. The molecule has 1 saturated heterocycles. The molecule has 1 aliphatic heterocycles. The van der Waals surface area contributed by atoms with Gasteiger partial charge >= 0.3 is 5.97 Å². The van der Waals surface area contributed by atoms with Gasteiger partial charge in [0.15, 0.2) is 5.16 Å². The molecule has 1 N–H and O–H groups in total. The summed E-state index contributed by atoms with van der Waals surface area (Å²) in [5, 5.41) is 2.38. The number of esters is 1. The molecule has 8 heteroatoms. The summed E-state index contributed by atoms with van der Waals surface area (Å²) in [5.41, 5.74) is 1.21. The van der Waals surface area contributed by atoms with Crippen LogP contribution < -0.4 is 5.56 Å². The number of rotatable bonds is 3. The molecule has 2 aromatic heterocycles. The standard InChI is InChI=1S/C16H11FN2O3S2/c17-9-3-1-8(2-4-9)10-7-23-14-12(10)13(20)18-16(19-14)24-11-5-6-22-15(11)21/h1-4,7,11H,5-6H2,(H,18,19,20)/t11-/m0/s1. The summed E-state index contributed by atoms with van der Waals surface area (Å²) in [4.78, 5) is 31.8. The van der Waals surface area contributed by atoms with Crippen LogP contribution >= 0.6 is 23.1 Å². The van der Waals surface area contributed by atoms with Crippen molar-refractivity contribution in [3.63, 3.8) is 0 Å². The Hall–Kier alpha value is -2.19. The normalized spacial score (nSPS) is 17.4. The molecule has 1 atom stereocenters. The van der Waals surface area contributed by atoms with Crippen molar-refractivity contribution in [2.75, 3.05) is 6.61 Å². The first-order valence-corrected chi connectivity index (χ1v) is 8.98. The summed E-state index contributed by atoms with van der Waals surface area (Å²) in [6, 6.07) is 5.98. The molecule has 0 bridgehead atoms. The van der Waals surface area contributed by atoms with Gasteiger partial charge in [-0.15, -0.1) is 11.3 Å². The Morgan fingerprint density at radius 2 is 2.08 bits per heavy atom. The molecule has 0 saturated carbocycles. The van der Waals surface area contributed by atoms with Gasteiger partial charge in [-0.25, -0.2) is 9.37 Å². The summed E-state index contributed by atoms with van der Waals surface area (Å²) in [5.74, 6) is -0.603. The third-order valence-electron chi connectivity index (χ3n) is 3.72. The van der Waals surface area contributed by atoms with Gasteiger partial charge in [-0.1, -0.05) is 23.9 Å². The van der Waals surface area contributed by atoms with E-state index in [-0.39, 0.29) is 22.6 Å². The number of nitrogens with one attached hydrogen (secondary N) is 1. The van der Waals surface area contributed by atoms with E-state index in [2.05, 4.69) is 9.97 Å². The number of aromatic amines is 1. The van der Waals surface area contributed by atoms with Crippen LogP contribution in [0, 0.1) is 5.82 Å². The van der Waals surface area contributed by atoms with Gasteiger partial charge in [-0.3, -0.25) is 9.59 Å². The Morgan fingerprint density at radius 3 is 2.79 bits per heavy atom. The molecule has 24 heavy (non-hydrogen) atoms. The van der Waals surface area contributed by atoms with Gasteiger partial charge < -0.3 is 9.72 Å². The fraction of sp³-hybridized carbons (Fsp3) is 0.188. The van der Waals surface area contributed by atoms with Crippen molar-refractivity contribution in [2.45, 2.75) is 16.8 Å². The number of aromatic nitrogens is 2. The first-order valence-electron chi connectivity index (χ1n) is 7.22. The molecular formula is C16H11FN2O3S2. The first-order chi connectivity index (χ1) is 11.6. The molecule has 5 nitrogen and oxygen atoms in total. The minimum atomic E-state index is -0.331. The van der Waals surface area contributed by atoms with Crippen LogP contribution in [-0.2, 0) is 9.53 Å². The van der Waals surface area contributed by atoms with E-state index in [1.807, 2.05) is 5.38 Å². The van der Waals surface area contributed by atoms with Crippen molar-refractivity contribution < 1.29 is 13.9 Å². The maximum atomic E-state index is 13.1. The van der Waals surface area contributed by atoms with Crippen LogP contribution in [0.5, 0.6) is 0 Å². The largest absolute Gasteiger partial charge is 0.465 e. The smallest absolute Gasteiger partial charge is 0.319 e. The number of hydrogen-bond donors (Lipinski definition) is 1. The first kappa shape index (κ1) is 15.3. The van der Waals surface area contributed by atoms with E-state index in [9.17, 15) is 14.0 Å². The summed E-state index contributed by atoms with van der Waals surface area (Å²) < 4.78 is 18.0. The second-order valence-electron chi connectivity index (χ2n) is 5.27. The van der Waals surface area contributed by atoms with Crippen molar-refractivity contribution >= 4 is 39.3 Å². The van der Waals surface area contributed by atoms with Gasteiger partial charge in [0.1, 0.15) is 15.9 Å². The number of H-pyrrole nitrogens is 1. The summed E-state index contributed by atoms with van der Waals surface area (Å²) in [7, 11) is 0. The van der Waals surface area contributed by atoms with Gasteiger partial charge in [0.25, 0.3) is 5.56 Å². The third-order valence-corrected chi connectivity index (χ3v) is 5.72. The molecule has 1 aromatic carbocycles. The van der Waals surface area contributed by atoms with Crippen LogP contribution in [0.4, 0.5) is 4.39 Å². The zero-order chi connectivity index (χ0) is 16.7. The molecule has 4 rings (SSSR count). The summed E-state index contributed by atoms with van der Waals surface area (Å²) >= 11 is 2.56. The predicted molar refractivity (Wildman–Crippen MR) is 90.9 cm³/mol. The van der Waals surface area contributed by atoms with Crippen molar-refractivity contribution in [3.8, 4) is 11.1 Å². The van der Waals surface area contributed by atoms with E-state index in [0.717, 1.165) is 11.1 Å². The van der Waals surface area contributed by atoms with E-state index >= 15 is 0 Å². The highest BCUT2D eigenvalue weighted by molar-refractivity contribution is 8.00. The predicted octanol–water partition coefficient (Wildman–Crippen LogP) is 3.20. The minimum Gasteiger partial charge on any atom is -0.465 e. The number of cyclic esters (lactones) is 1. The second-order valence-corrected chi connectivity index (χ2v) is 7.32. The summed E-state index contributed by atoms with van der Waals surface area (Å²) in [6.45, 7) is 0.399. The highest BCUT2D eigenvalue weighted by atomic mass is 32.2. The second kappa shape index (κ2) is 6.03. The van der Waals surface area contributed by atoms with Crippen LogP contribution in [0.2, 0.25) is 0 Å². The average Bonchev–Trinajstić information content (AvgIpc) is 3.15. The number of benzene rings is 1. The maximum Gasteiger partial charge on any atom is 0.319 e. The van der Waals surface area contributed by atoms with E-state index < -0.39 is 0 Å².